The van der Waals surface area contributed by atoms with Gasteiger partial charge in [0.2, 0.25) is 0 Å². The number of anilines is 2. The summed E-state index contributed by atoms with van der Waals surface area (Å²) < 4.78 is 8.53. The Kier molecular flexibility index (Phi) is 4.11. The number of ether oxygens (including phenoxy) is 1. The van der Waals surface area contributed by atoms with Gasteiger partial charge < -0.3 is 15.2 Å². The summed E-state index contributed by atoms with van der Waals surface area (Å²) in [6.07, 6.45) is 1.39. The molecule has 0 bridgehead atoms. The summed E-state index contributed by atoms with van der Waals surface area (Å²) in [6, 6.07) is 3.75. The number of methoxy groups -OCH3 is 1. The molecule has 9 heteroatoms. The highest BCUT2D eigenvalue weighted by Gasteiger charge is 2.14. The van der Waals surface area contributed by atoms with E-state index in [1.807, 2.05) is 0 Å². The first-order valence-electron chi connectivity index (χ1n) is 5.37. The molecule has 2 aromatic rings. The Morgan fingerprint density at radius 2 is 2.15 bits per heavy atom. The molecule has 0 aliphatic rings. The monoisotopic (exact) mass is 294 g/mol. The molecule has 0 unspecified atom stereocenters. The number of nitrogens with zero attached hydrogens (tertiary/aromatic N) is 2. The lowest BCUT2D eigenvalue weighted by Gasteiger charge is -2.10. The van der Waals surface area contributed by atoms with Crippen LogP contribution in [-0.4, -0.2) is 33.8 Å². The van der Waals surface area contributed by atoms with Gasteiger partial charge in [-0.3, -0.25) is 5.32 Å². The normalized spacial score (nSPS) is 9.85. The number of carbonyl (C=O) groups is 2. The minimum absolute atomic E-state index is 0.0677. The van der Waals surface area contributed by atoms with Crippen molar-refractivity contribution >= 4 is 34.2 Å². The highest BCUT2D eigenvalue weighted by Crippen LogP contribution is 2.22. The van der Waals surface area contributed by atoms with Crippen molar-refractivity contribution in [3.63, 3.8) is 0 Å². The SMILES string of the molecule is COc1ccc(NC(=O)Nc2cnns2)c(C(=O)O)c1. The van der Waals surface area contributed by atoms with Gasteiger partial charge in [0.05, 0.1) is 24.6 Å². The van der Waals surface area contributed by atoms with E-state index in [2.05, 4.69) is 20.2 Å². The largest absolute Gasteiger partial charge is 0.497 e. The average Bonchev–Trinajstić information content (AvgIpc) is 2.91. The standard InChI is InChI=1S/C11H10N4O4S/c1-19-6-2-3-8(7(4-6)10(16)17)13-11(18)14-9-5-12-15-20-9/h2-5H,1H3,(H,16,17)(H2,13,14,18). The van der Waals surface area contributed by atoms with Gasteiger partial charge in [0.15, 0.2) is 0 Å². The van der Waals surface area contributed by atoms with Gasteiger partial charge in [-0.25, -0.2) is 9.59 Å². The number of rotatable bonds is 4. The Bertz CT molecular complexity index is 629. The molecule has 1 heterocycles. The number of carboxylic acids is 1. The lowest BCUT2D eigenvalue weighted by atomic mass is 10.1. The molecule has 2 amide bonds. The number of nitrogens with one attached hydrogen (secondary N) is 2. The van der Waals surface area contributed by atoms with Crippen molar-refractivity contribution in [2.45, 2.75) is 0 Å². The molecule has 8 nitrogen and oxygen atoms in total. The van der Waals surface area contributed by atoms with Crippen LogP contribution in [0.2, 0.25) is 0 Å². The van der Waals surface area contributed by atoms with E-state index in [0.717, 1.165) is 11.5 Å². The van der Waals surface area contributed by atoms with Crippen molar-refractivity contribution in [1.82, 2.24) is 9.59 Å². The molecule has 0 saturated heterocycles. The first-order valence-corrected chi connectivity index (χ1v) is 6.14. The summed E-state index contributed by atoms with van der Waals surface area (Å²) in [5.74, 6) is -0.779. The van der Waals surface area contributed by atoms with Gasteiger partial charge in [-0.2, -0.15) is 0 Å². The van der Waals surface area contributed by atoms with Crippen LogP contribution in [0.3, 0.4) is 0 Å². The molecule has 0 aliphatic carbocycles. The Labute approximate surface area is 117 Å². The van der Waals surface area contributed by atoms with Crippen LogP contribution >= 0.6 is 11.5 Å². The van der Waals surface area contributed by atoms with Crippen molar-refractivity contribution in [3.05, 3.63) is 30.0 Å². The number of hydrogen-bond donors (Lipinski definition) is 3. The van der Waals surface area contributed by atoms with Crippen LogP contribution in [0.15, 0.2) is 24.4 Å². The van der Waals surface area contributed by atoms with Crippen LogP contribution in [0.25, 0.3) is 0 Å². The van der Waals surface area contributed by atoms with E-state index in [9.17, 15) is 9.59 Å². The zero-order valence-electron chi connectivity index (χ0n) is 10.3. The number of amides is 2. The van der Waals surface area contributed by atoms with Crippen molar-refractivity contribution in [3.8, 4) is 5.75 Å². The predicted octanol–water partition coefficient (Wildman–Crippen LogP) is 1.89. The number of carboxylic acid groups (broad SMARTS) is 1. The molecule has 0 fully saturated rings. The average molecular weight is 294 g/mol. The Morgan fingerprint density at radius 3 is 2.75 bits per heavy atom. The van der Waals surface area contributed by atoms with Crippen molar-refractivity contribution in [1.29, 1.82) is 0 Å². The van der Waals surface area contributed by atoms with Gasteiger partial charge in [-0.1, -0.05) is 4.49 Å². The minimum atomic E-state index is -1.17. The Balaban J connectivity index is 2.16. The summed E-state index contributed by atoms with van der Waals surface area (Å²) in [4.78, 5) is 22.9. The van der Waals surface area contributed by atoms with Crippen LogP contribution in [0.1, 0.15) is 10.4 Å². The molecule has 20 heavy (non-hydrogen) atoms. The van der Waals surface area contributed by atoms with Crippen molar-refractivity contribution < 1.29 is 19.4 Å². The Morgan fingerprint density at radius 1 is 1.35 bits per heavy atom. The molecule has 0 radical (unpaired) electrons. The van der Waals surface area contributed by atoms with E-state index in [0.29, 0.717) is 10.8 Å². The maximum atomic E-state index is 11.7. The number of carbonyl (C=O) groups excluding carboxylic acids is 1. The highest BCUT2D eigenvalue weighted by atomic mass is 32.1. The minimum Gasteiger partial charge on any atom is -0.497 e. The molecule has 0 aliphatic heterocycles. The third kappa shape index (κ3) is 3.20. The molecule has 0 spiro atoms. The van der Waals surface area contributed by atoms with Crippen LogP contribution in [0.5, 0.6) is 5.75 Å². The fourth-order valence-electron chi connectivity index (χ4n) is 1.42. The number of urea groups is 1. The van der Waals surface area contributed by atoms with Gasteiger partial charge in [0.25, 0.3) is 0 Å². The molecule has 0 saturated carbocycles. The first-order chi connectivity index (χ1) is 9.60. The summed E-state index contributed by atoms with van der Waals surface area (Å²) in [5.41, 5.74) is 0.0928. The quantitative estimate of drug-likeness (QED) is 0.793. The fraction of sp³-hybridized carbons (Fsp3) is 0.0909. The van der Waals surface area contributed by atoms with Gasteiger partial charge in [-0.05, 0) is 18.2 Å². The molecule has 3 N–H and O–H groups in total. The maximum absolute atomic E-state index is 11.7. The van der Waals surface area contributed by atoms with Gasteiger partial charge in [-0.15, -0.1) is 5.10 Å². The third-order valence-corrected chi connectivity index (χ3v) is 2.88. The Hall–Kier alpha value is -2.68. The first kappa shape index (κ1) is 13.7. The summed E-state index contributed by atoms with van der Waals surface area (Å²) in [7, 11) is 1.43. The van der Waals surface area contributed by atoms with Gasteiger partial charge in [0, 0.05) is 11.5 Å². The lowest BCUT2D eigenvalue weighted by Crippen LogP contribution is -2.20. The zero-order valence-corrected chi connectivity index (χ0v) is 11.1. The molecule has 104 valence electrons. The van der Waals surface area contributed by atoms with E-state index in [4.69, 9.17) is 9.84 Å². The molecular formula is C11H10N4O4S. The van der Waals surface area contributed by atoms with Crippen LogP contribution in [0.4, 0.5) is 15.5 Å². The van der Waals surface area contributed by atoms with E-state index >= 15 is 0 Å². The number of hydrogen-bond acceptors (Lipinski definition) is 6. The second-order valence-corrected chi connectivity index (χ2v) is 4.36. The molecule has 1 aromatic heterocycles. The number of aromatic carboxylic acids is 1. The van der Waals surface area contributed by atoms with E-state index in [1.54, 1.807) is 6.07 Å². The fourth-order valence-corrected chi connectivity index (χ4v) is 1.84. The van der Waals surface area contributed by atoms with Crippen LogP contribution < -0.4 is 15.4 Å². The molecule has 1 aromatic carbocycles. The highest BCUT2D eigenvalue weighted by molar-refractivity contribution is 7.10. The maximum Gasteiger partial charge on any atom is 0.337 e. The number of benzene rings is 1. The van der Waals surface area contributed by atoms with Crippen molar-refractivity contribution in [2.75, 3.05) is 17.7 Å². The summed E-state index contributed by atoms with van der Waals surface area (Å²) >= 11 is 1.01. The molecule has 0 atom stereocenters. The number of aromatic nitrogens is 2. The van der Waals surface area contributed by atoms with Crippen LogP contribution in [0, 0.1) is 0 Å². The zero-order chi connectivity index (χ0) is 14.5. The van der Waals surface area contributed by atoms with E-state index < -0.39 is 12.0 Å². The second-order valence-electron chi connectivity index (χ2n) is 3.58. The van der Waals surface area contributed by atoms with Crippen molar-refractivity contribution in [2.24, 2.45) is 0 Å². The van der Waals surface area contributed by atoms with Crippen LogP contribution in [-0.2, 0) is 0 Å². The third-order valence-electron chi connectivity index (χ3n) is 2.30. The van der Waals surface area contributed by atoms with E-state index in [1.165, 1.54) is 25.4 Å². The summed E-state index contributed by atoms with van der Waals surface area (Å²) in [6.45, 7) is 0. The summed E-state index contributed by atoms with van der Waals surface area (Å²) in [5, 5.41) is 18.1. The molecular weight excluding hydrogens is 284 g/mol. The van der Waals surface area contributed by atoms with Gasteiger partial charge >= 0.3 is 12.0 Å². The van der Waals surface area contributed by atoms with E-state index in [-0.39, 0.29) is 11.3 Å². The lowest BCUT2D eigenvalue weighted by molar-refractivity contribution is 0.0697. The predicted molar refractivity (Wildman–Crippen MR) is 72.5 cm³/mol. The van der Waals surface area contributed by atoms with Gasteiger partial charge in [0.1, 0.15) is 10.8 Å². The topological polar surface area (TPSA) is 113 Å². The second kappa shape index (κ2) is 5.97. The molecule has 2 rings (SSSR count). The smallest absolute Gasteiger partial charge is 0.337 e.